The van der Waals surface area contributed by atoms with E-state index in [1.54, 1.807) is 16.9 Å². The van der Waals surface area contributed by atoms with Gasteiger partial charge in [-0.3, -0.25) is 9.48 Å². The summed E-state index contributed by atoms with van der Waals surface area (Å²) in [4.78, 5) is 26.8. The summed E-state index contributed by atoms with van der Waals surface area (Å²) in [5, 5.41) is 12.3. The number of ether oxygens (including phenoxy) is 1. The van der Waals surface area contributed by atoms with Crippen molar-refractivity contribution in [1.82, 2.24) is 19.9 Å². The minimum Gasteiger partial charge on any atom is -0.465 e. The SMILES string of the molecule is COC(=O)c1ccc2ccccc2c1NC(=O)c1cn(CCN(C)C)nn1. The normalized spacial score (nSPS) is 11.0. The number of carbonyl (C=O) groups is 2. The Hall–Kier alpha value is -3.26. The second-order valence-corrected chi connectivity index (χ2v) is 6.33. The molecule has 1 amide bonds. The highest BCUT2D eigenvalue weighted by molar-refractivity contribution is 6.14. The summed E-state index contributed by atoms with van der Waals surface area (Å²) in [6.45, 7) is 1.40. The van der Waals surface area contributed by atoms with Crippen molar-refractivity contribution in [3.05, 3.63) is 53.9 Å². The van der Waals surface area contributed by atoms with Crippen molar-refractivity contribution in [1.29, 1.82) is 0 Å². The number of amides is 1. The number of rotatable bonds is 6. The van der Waals surface area contributed by atoms with E-state index in [0.29, 0.717) is 12.2 Å². The number of nitrogens with zero attached hydrogens (tertiary/aromatic N) is 4. The Balaban J connectivity index is 1.91. The maximum Gasteiger partial charge on any atom is 0.339 e. The van der Waals surface area contributed by atoms with Gasteiger partial charge in [-0.1, -0.05) is 35.5 Å². The van der Waals surface area contributed by atoms with E-state index in [1.165, 1.54) is 7.11 Å². The van der Waals surface area contributed by atoms with Crippen LogP contribution in [-0.4, -0.2) is 59.5 Å². The Kier molecular flexibility index (Phi) is 5.46. The second-order valence-electron chi connectivity index (χ2n) is 6.33. The van der Waals surface area contributed by atoms with Crippen molar-refractivity contribution in [3.63, 3.8) is 0 Å². The predicted octanol–water partition coefficient (Wildman–Crippen LogP) is 2.03. The van der Waals surface area contributed by atoms with Gasteiger partial charge < -0.3 is 15.0 Å². The lowest BCUT2D eigenvalue weighted by Gasteiger charge is -2.12. The van der Waals surface area contributed by atoms with Crippen LogP contribution in [0.25, 0.3) is 10.8 Å². The van der Waals surface area contributed by atoms with Gasteiger partial charge in [-0.15, -0.1) is 5.10 Å². The number of benzene rings is 2. The Morgan fingerprint density at radius 3 is 2.70 bits per heavy atom. The molecule has 0 spiro atoms. The molecule has 0 unspecified atom stereocenters. The van der Waals surface area contributed by atoms with Gasteiger partial charge >= 0.3 is 5.97 Å². The molecular formula is C19H21N5O3. The van der Waals surface area contributed by atoms with Crippen LogP contribution in [0.3, 0.4) is 0 Å². The molecule has 3 rings (SSSR count). The summed E-state index contributed by atoms with van der Waals surface area (Å²) in [6, 6.07) is 10.9. The van der Waals surface area contributed by atoms with Gasteiger partial charge in [0, 0.05) is 11.9 Å². The maximum atomic E-state index is 12.7. The monoisotopic (exact) mass is 367 g/mol. The van der Waals surface area contributed by atoms with Crippen molar-refractivity contribution < 1.29 is 14.3 Å². The minimum absolute atomic E-state index is 0.178. The van der Waals surface area contributed by atoms with Gasteiger partial charge in [-0.2, -0.15) is 0 Å². The third-order valence-electron chi connectivity index (χ3n) is 4.12. The van der Waals surface area contributed by atoms with E-state index in [9.17, 15) is 9.59 Å². The fourth-order valence-corrected chi connectivity index (χ4v) is 2.68. The van der Waals surface area contributed by atoms with Gasteiger partial charge in [0.15, 0.2) is 5.69 Å². The molecule has 140 valence electrons. The van der Waals surface area contributed by atoms with Crippen molar-refractivity contribution in [3.8, 4) is 0 Å². The Morgan fingerprint density at radius 1 is 1.19 bits per heavy atom. The molecule has 3 aromatic rings. The van der Waals surface area contributed by atoms with Crippen molar-refractivity contribution in [2.75, 3.05) is 33.1 Å². The molecule has 0 atom stereocenters. The van der Waals surface area contributed by atoms with Crippen LogP contribution in [0, 0.1) is 0 Å². The second kappa shape index (κ2) is 7.96. The van der Waals surface area contributed by atoms with E-state index in [-0.39, 0.29) is 11.3 Å². The van der Waals surface area contributed by atoms with Gasteiger partial charge in [0.05, 0.1) is 31.1 Å². The molecule has 0 saturated heterocycles. The molecule has 0 bridgehead atoms. The molecule has 8 heteroatoms. The molecule has 1 heterocycles. The molecule has 2 aromatic carbocycles. The molecule has 0 aliphatic carbocycles. The number of fused-ring (bicyclic) bond motifs is 1. The summed E-state index contributed by atoms with van der Waals surface area (Å²) >= 11 is 0. The lowest BCUT2D eigenvalue weighted by atomic mass is 10.0. The third kappa shape index (κ3) is 4.12. The first-order valence-corrected chi connectivity index (χ1v) is 8.46. The van der Waals surface area contributed by atoms with Crippen molar-refractivity contribution in [2.24, 2.45) is 0 Å². The minimum atomic E-state index is -0.523. The van der Waals surface area contributed by atoms with Crippen LogP contribution in [0.1, 0.15) is 20.8 Å². The zero-order valence-electron chi connectivity index (χ0n) is 15.5. The Bertz CT molecular complexity index is 980. The summed E-state index contributed by atoms with van der Waals surface area (Å²) in [5.41, 5.74) is 0.856. The Morgan fingerprint density at radius 2 is 1.96 bits per heavy atom. The van der Waals surface area contributed by atoms with Gasteiger partial charge in [0.2, 0.25) is 0 Å². The van der Waals surface area contributed by atoms with Crippen molar-refractivity contribution in [2.45, 2.75) is 6.54 Å². The van der Waals surface area contributed by atoms with E-state index >= 15 is 0 Å². The van der Waals surface area contributed by atoms with Crippen LogP contribution in [0.2, 0.25) is 0 Å². The number of esters is 1. The predicted molar refractivity (Wildman–Crippen MR) is 102 cm³/mol. The quantitative estimate of drug-likeness (QED) is 0.671. The summed E-state index contributed by atoms with van der Waals surface area (Å²) < 4.78 is 6.45. The van der Waals surface area contributed by atoms with E-state index in [1.807, 2.05) is 49.3 Å². The number of hydrogen-bond donors (Lipinski definition) is 1. The molecule has 27 heavy (non-hydrogen) atoms. The fourth-order valence-electron chi connectivity index (χ4n) is 2.68. The number of aromatic nitrogens is 3. The Labute approximate surface area is 156 Å². The zero-order chi connectivity index (χ0) is 19.4. The van der Waals surface area contributed by atoms with Crippen LogP contribution in [-0.2, 0) is 11.3 Å². The average molecular weight is 367 g/mol. The van der Waals surface area contributed by atoms with Crippen LogP contribution >= 0.6 is 0 Å². The largest absolute Gasteiger partial charge is 0.465 e. The highest BCUT2D eigenvalue weighted by Gasteiger charge is 2.19. The summed E-state index contributed by atoms with van der Waals surface area (Å²) in [6.07, 6.45) is 1.59. The number of nitrogens with one attached hydrogen (secondary N) is 1. The van der Waals surface area contributed by atoms with Crippen LogP contribution in [0.5, 0.6) is 0 Å². The first kappa shape index (κ1) is 18.5. The first-order valence-electron chi connectivity index (χ1n) is 8.46. The molecule has 1 N–H and O–H groups in total. The van der Waals surface area contributed by atoms with Crippen molar-refractivity contribution >= 4 is 28.3 Å². The highest BCUT2D eigenvalue weighted by atomic mass is 16.5. The molecule has 0 aliphatic rings. The summed E-state index contributed by atoms with van der Waals surface area (Å²) in [5.74, 6) is -0.960. The van der Waals surface area contributed by atoms with Gasteiger partial charge in [-0.25, -0.2) is 4.79 Å². The topological polar surface area (TPSA) is 89.4 Å². The molecule has 0 fully saturated rings. The molecule has 1 aromatic heterocycles. The number of anilines is 1. The van der Waals surface area contributed by atoms with Gasteiger partial charge in [0.25, 0.3) is 5.91 Å². The number of likely N-dealkylation sites (N-methyl/N-ethyl adjacent to an activating group) is 1. The maximum absolute atomic E-state index is 12.7. The molecule has 0 aliphatic heterocycles. The van der Waals surface area contributed by atoms with Crippen LogP contribution in [0.15, 0.2) is 42.6 Å². The zero-order valence-corrected chi connectivity index (χ0v) is 15.5. The van der Waals surface area contributed by atoms with E-state index in [4.69, 9.17) is 4.74 Å². The smallest absolute Gasteiger partial charge is 0.339 e. The third-order valence-corrected chi connectivity index (χ3v) is 4.12. The van der Waals surface area contributed by atoms with E-state index in [2.05, 4.69) is 15.6 Å². The average Bonchev–Trinajstić information content (AvgIpc) is 3.15. The fraction of sp³-hybridized carbons (Fsp3) is 0.263. The standard InChI is InChI=1S/C19H21N5O3/c1-23(2)10-11-24-12-16(21-22-24)18(25)20-17-14-7-5-4-6-13(14)8-9-15(17)19(26)27-3/h4-9,12H,10-11H2,1-3H3,(H,20,25). The van der Waals surface area contributed by atoms with Gasteiger partial charge in [-0.05, 0) is 25.5 Å². The van der Waals surface area contributed by atoms with E-state index in [0.717, 1.165) is 17.3 Å². The molecule has 0 radical (unpaired) electrons. The van der Waals surface area contributed by atoms with E-state index < -0.39 is 11.9 Å². The number of carbonyl (C=O) groups excluding carboxylic acids is 2. The molecule has 8 nitrogen and oxygen atoms in total. The highest BCUT2D eigenvalue weighted by Crippen LogP contribution is 2.28. The lowest BCUT2D eigenvalue weighted by Crippen LogP contribution is -2.18. The van der Waals surface area contributed by atoms with Crippen LogP contribution in [0.4, 0.5) is 5.69 Å². The van der Waals surface area contributed by atoms with Gasteiger partial charge in [0.1, 0.15) is 0 Å². The first-order chi connectivity index (χ1) is 13.0. The number of hydrogen-bond acceptors (Lipinski definition) is 6. The molecular weight excluding hydrogens is 346 g/mol. The van der Waals surface area contributed by atoms with Crippen LogP contribution < -0.4 is 5.32 Å². The summed E-state index contributed by atoms with van der Waals surface area (Å²) in [7, 11) is 5.22. The lowest BCUT2D eigenvalue weighted by molar-refractivity contribution is 0.0602. The molecule has 0 saturated carbocycles. The number of methoxy groups -OCH3 is 1.